The zero-order valence-electron chi connectivity index (χ0n) is 24.1. The highest BCUT2D eigenvalue weighted by Gasteiger charge is 2.46. The molecule has 42 heavy (non-hydrogen) atoms. The van der Waals surface area contributed by atoms with E-state index >= 15 is 0 Å². The number of aliphatic hydroxyl groups is 3. The number of pyridine rings is 2. The van der Waals surface area contributed by atoms with Crippen molar-refractivity contribution >= 4 is 0 Å². The molecule has 5 rings (SSSR count). The Morgan fingerprint density at radius 3 is 1.95 bits per heavy atom. The van der Waals surface area contributed by atoms with Crippen LogP contribution >= 0.6 is 0 Å². The van der Waals surface area contributed by atoms with Crippen molar-refractivity contribution in [3.63, 3.8) is 0 Å². The molecule has 3 heterocycles. The van der Waals surface area contributed by atoms with E-state index in [1.165, 1.54) is 7.11 Å². The molecule has 0 bridgehead atoms. The molecule has 220 valence electrons. The molecule has 8 nitrogen and oxygen atoms in total. The first kappa shape index (κ1) is 30.0. The van der Waals surface area contributed by atoms with Crippen LogP contribution in [0.15, 0.2) is 91.1 Å². The highest BCUT2D eigenvalue weighted by Crippen LogP contribution is 2.41. The number of aromatic nitrogens is 2. The largest absolute Gasteiger partial charge is 0.387 e. The van der Waals surface area contributed by atoms with E-state index in [9.17, 15) is 15.3 Å². The van der Waals surface area contributed by atoms with Gasteiger partial charge in [-0.1, -0.05) is 71.8 Å². The number of nitrogens with zero attached hydrogens (tertiary/aromatic N) is 2. The summed E-state index contributed by atoms with van der Waals surface area (Å²) in [5.74, 6) is 0. The van der Waals surface area contributed by atoms with Crippen LogP contribution in [0.25, 0.3) is 0 Å². The van der Waals surface area contributed by atoms with Crippen molar-refractivity contribution in [2.24, 2.45) is 0 Å². The smallest absolute Gasteiger partial charge is 0.186 e. The standard InChI is InChI=1S/C34H38N2O6/c1-22-10-14-24(15-11-22)34(25-16-12-23(2)13-17-25,41-21-28-30(37)31(38)32(39)33(40-3)42-28)29-9-6-8-27(36-29)19-18-26-7-4-5-20-35-26/h4-17,20,28,30-33,37-39H,18-19,21H2,1-3H3/t28-,30+,31+,32-,33+/m1/s1. The van der Waals surface area contributed by atoms with Gasteiger partial charge in [-0.25, -0.2) is 0 Å². The van der Waals surface area contributed by atoms with Crippen molar-refractivity contribution in [3.05, 3.63) is 130 Å². The lowest BCUT2D eigenvalue weighted by atomic mass is 9.82. The van der Waals surface area contributed by atoms with E-state index in [1.54, 1.807) is 6.20 Å². The number of hydrogen-bond acceptors (Lipinski definition) is 8. The molecule has 0 aliphatic carbocycles. The third-order valence-electron chi connectivity index (χ3n) is 7.81. The van der Waals surface area contributed by atoms with Crippen LogP contribution in [0.3, 0.4) is 0 Å². The topological polar surface area (TPSA) is 114 Å². The summed E-state index contributed by atoms with van der Waals surface area (Å²) in [6.45, 7) is 3.93. The van der Waals surface area contributed by atoms with Crippen LogP contribution in [0, 0.1) is 13.8 Å². The minimum absolute atomic E-state index is 0.119. The van der Waals surface area contributed by atoms with Gasteiger partial charge in [-0.3, -0.25) is 9.97 Å². The number of rotatable bonds is 10. The maximum Gasteiger partial charge on any atom is 0.186 e. The van der Waals surface area contributed by atoms with E-state index < -0.39 is 36.3 Å². The first-order valence-corrected chi connectivity index (χ1v) is 14.2. The second-order valence-corrected chi connectivity index (χ2v) is 10.8. The Kier molecular flexibility index (Phi) is 9.43. The molecule has 5 atom stereocenters. The van der Waals surface area contributed by atoms with Gasteiger partial charge in [-0.15, -0.1) is 0 Å². The third kappa shape index (κ3) is 6.29. The second kappa shape index (κ2) is 13.2. The summed E-state index contributed by atoms with van der Waals surface area (Å²) in [6.07, 6.45) is -3.12. The van der Waals surface area contributed by atoms with Gasteiger partial charge in [-0.2, -0.15) is 0 Å². The van der Waals surface area contributed by atoms with Crippen LogP contribution in [0.2, 0.25) is 0 Å². The highest BCUT2D eigenvalue weighted by molar-refractivity contribution is 5.46. The number of ether oxygens (including phenoxy) is 3. The molecule has 1 saturated heterocycles. The van der Waals surface area contributed by atoms with Crippen molar-refractivity contribution in [2.45, 2.75) is 63.0 Å². The summed E-state index contributed by atoms with van der Waals surface area (Å²) in [5.41, 5.74) is 5.25. The average molecular weight is 571 g/mol. The Bertz CT molecular complexity index is 1380. The van der Waals surface area contributed by atoms with E-state index in [4.69, 9.17) is 19.2 Å². The molecule has 0 spiro atoms. The molecule has 0 unspecified atom stereocenters. The van der Waals surface area contributed by atoms with Gasteiger partial charge in [0, 0.05) is 24.7 Å². The number of hydrogen-bond donors (Lipinski definition) is 3. The Hall–Kier alpha value is -3.50. The van der Waals surface area contributed by atoms with Crippen molar-refractivity contribution < 1.29 is 29.5 Å². The molecule has 4 aromatic rings. The number of benzene rings is 2. The van der Waals surface area contributed by atoms with E-state index in [0.717, 1.165) is 40.1 Å². The Labute approximate surface area is 246 Å². The number of methoxy groups -OCH3 is 1. The molecule has 3 N–H and O–H groups in total. The van der Waals surface area contributed by atoms with Crippen molar-refractivity contribution in [1.82, 2.24) is 9.97 Å². The summed E-state index contributed by atoms with van der Waals surface area (Å²) in [7, 11) is 1.37. The van der Waals surface area contributed by atoms with E-state index in [0.29, 0.717) is 12.1 Å². The lowest BCUT2D eigenvalue weighted by Crippen LogP contribution is -2.59. The van der Waals surface area contributed by atoms with Gasteiger partial charge < -0.3 is 29.5 Å². The zero-order chi connectivity index (χ0) is 29.7. The van der Waals surface area contributed by atoms with Crippen LogP contribution in [-0.2, 0) is 32.7 Å². The third-order valence-corrected chi connectivity index (χ3v) is 7.81. The van der Waals surface area contributed by atoms with Gasteiger partial charge in [0.2, 0.25) is 0 Å². The van der Waals surface area contributed by atoms with Crippen LogP contribution < -0.4 is 0 Å². The summed E-state index contributed by atoms with van der Waals surface area (Å²) in [4.78, 5) is 9.58. The second-order valence-electron chi connectivity index (χ2n) is 10.8. The molecule has 1 aliphatic heterocycles. The van der Waals surface area contributed by atoms with Gasteiger partial charge in [0.05, 0.1) is 12.3 Å². The molecule has 0 saturated carbocycles. The molecule has 1 aliphatic rings. The van der Waals surface area contributed by atoms with Gasteiger partial charge in [0.15, 0.2) is 11.9 Å². The molecule has 2 aromatic carbocycles. The lowest BCUT2D eigenvalue weighted by molar-refractivity contribution is -0.299. The highest BCUT2D eigenvalue weighted by atomic mass is 16.7. The molecule has 1 fully saturated rings. The lowest BCUT2D eigenvalue weighted by Gasteiger charge is -2.42. The van der Waals surface area contributed by atoms with Crippen LogP contribution in [-0.4, -0.2) is 69.7 Å². The number of aliphatic hydroxyl groups excluding tert-OH is 3. The maximum absolute atomic E-state index is 10.8. The average Bonchev–Trinajstić information content (AvgIpc) is 3.02. The SMILES string of the molecule is CO[C@H]1O[C@H](COC(c2ccc(C)cc2)(c2ccc(C)cc2)c2cccc(CCc3ccccn3)n2)[C@H](O)[C@H](O)[C@H]1O. The molecule has 8 heteroatoms. The number of aryl methyl sites for hydroxylation is 4. The summed E-state index contributed by atoms with van der Waals surface area (Å²) in [5, 5.41) is 31.6. The van der Waals surface area contributed by atoms with E-state index in [2.05, 4.69) is 4.98 Å². The van der Waals surface area contributed by atoms with Crippen LogP contribution in [0.1, 0.15) is 39.3 Å². The van der Waals surface area contributed by atoms with E-state index in [1.807, 2.05) is 98.8 Å². The monoisotopic (exact) mass is 570 g/mol. The molecule has 0 radical (unpaired) electrons. The quantitative estimate of drug-likeness (QED) is 0.265. The molecular formula is C34H38N2O6. The van der Waals surface area contributed by atoms with Crippen LogP contribution in [0.4, 0.5) is 0 Å². The normalized spacial score (nSPS) is 22.7. The summed E-state index contributed by atoms with van der Waals surface area (Å²) >= 11 is 0. The van der Waals surface area contributed by atoms with Gasteiger partial charge in [-0.05, 0) is 62.1 Å². The minimum Gasteiger partial charge on any atom is -0.387 e. The van der Waals surface area contributed by atoms with Crippen LogP contribution in [0.5, 0.6) is 0 Å². The van der Waals surface area contributed by atoms with Gasteiger partial charge in [0.25, 0.3) is 0 Å². The first-order chi connectivity index (χ1) is 20.3. The minimum atomic E-state index is -1.46. The fourth-order valence-electron chi connectivity index (χ4n) is 5.35. The predicted molar refractivity (Wildman–Crippen MR) is 158 cm³/mol. The molecular weight excluding hydrogens is 532 g/mol. The predicted octanol–water partition coefficient (Wildman–Crippen LogP) is 3.64. The fraction of sp³-hybridized carbons (Fsp3) is 0.353. The Morgan fingerprint density at radius 1 is 0.738 bits per heavy atom. The molecule has 2 aromatic heterocycles. The van der Waals surface area contributed by atoms with Gasteiger partial charge in [0.1, 0.15) is 24.4 Å². The van der Waals surface area contributed by atoms with Crippen molar-refractivity contribution in [2.75, 3.05) is 13.7 Å². The molecule has 0 amide bonds. The van der Waals surface area contributed by atoms with Crippen molar-refractivity contribution in [1.29, 1.82) is 0 Å². The van der Waals surface area contributed by atoms with Crippen molar-refractivity contribution in [3.8, 4) is 0 Å². The summed E-state index contributed by atoms with van der Waals surface area (Å²) < 4.78 is 17.9. The summed E-state index contributed by atoms with van der Waals surface area (Å²) in [6, 6.07) is 28.0. The first-order valence-electron chi connectivity index (χ1n) is 14.2. The fourth-order valence-corrected chi connectivity index (χ4v) is 5.35. The Balaban J connectivity index is 1.58. The Morgan fingerprint density at radius 2 is 1.36 bits per heavy atom. The zero-order valence-corrected chi connectivity index (χ0v) is 24.1. The van der Waals surface area contributed by atoms with Gasteiger partial charge >= 0.3 is 0 Å². The van der Waals surface area contributed by atoms with E-state index in [-0.39, 0.29) is 6.61 Å². The maximum atomic E-state index is 10.8.